The van der Waals surface area contributed by atoms with Crippen LogP contribution in [0, 0.1) is 0 Å². The van der Waals surface area contributed by atoms with Crippen molar-refractivity contribution in [3.8, 4) is 0 Å². The number of ether oxygens (including phenoxy) is 1. The summed E-state index contributed by atoms with van der Waals surface area (Å²) in [6, 6.07) is -0.624. The standard InChI is InChI=1S/C75H143NO5/c1-3-5-7-9-11-13-15-17-19-39-43-47-51-55-59-63-67-73(78)72(71-77)76-74(79)68-64-60-56-52-48-44-40-37-35-33-31-29-27-25-23-21-22-24-26-28-30-32-34-36-38-42-46-50-54-58-62-66-70-81-75(80)69-65-61-57-53-49-45-41-20-18-16-14-12-10-8-6-4-2/h14,16,20,41,63,67,72-73,77-78H,3-13,15,17-19,21-40,42-62,64-66,68-71H2,1-2H3,(H,76,79)/b16-14-,41-20-,67-63+. The van der Waals surface area contributed by atoms with Crippen molar-refractivity contribution in [2.75, 3.05) is 13.2 Å². The molecule has 0 aromatic carbocycles. The van der Waals surface area contributed by atoms with Gasteiger partial charge in [0.05, 0.1) is 25.4 Å². The summed E-state index contributed by atoms with van der Waals surface area (Å²) in [6.45, 7) is 4.92. The van der Waals surface area contributed by atoms with Gasteiger partial charge in [0.1, 0.15) is 0 Å². The molecule has 0 spiro atoms. The van der Waals surface area contributed by atoms with E-state index in [2.05, 4.69) is 43.5 Å². The monoisotopic (exact) mass is 1140 g/mol. The number of unbranched alkanes of at least 4 members (excludes halogenated alkanes) is 54. The van der Waals surface area contributed by atoms with Crippen molar-refractivity contribution in [2.24, 2.45) is 0 Å². The normalized spacial score (nSPS) is 12.7. The van der Waals surface area contributed by atoms with Crippen LogP contribution in [0.25, 0.3) is 0 Å². The second kappa shape index (κ2) is 70.6. The van der Waals surface area contributed by atoms with Crippen molar-refractivity contribution in [1.29, 1.82) is 0 Å². The first-order valence-corrected chi connectivity index (χ1v) is 36.8. The van der Waals surface area contributed by atoms with Crippen LogP contribution in [0.2, 0.25) is 0 Å². The van der Waals surface area contributed by atoms with Crippen molar-refractivity contribution in [3.63, 3.8) is 0 Å². The van der Waals surface area contributed by atoms with E-state index in [0.29, 0.717) is 19.4 Å². The molecule has 6 heteroatoms. The third-order valence-electron chi connectivity index (χ3n) is 17.2. The van der Waals surface area contributed by atoms with Gasteiger partial charge in [0.25, 0.3) is 0 Å². The minimum absolute atomic E-state index is 0.00785. The van der Waals surface area contributed by atoms with Crippen LogP contribution in [-0.4, -0.2) is 47.4 Å². The summed E-state index contributed by atoms with van der Waals surface area (Å²) >= 11 is 0. The van der Waals surface area contributed by atoms with Gasteiger partial charge in [-0.25, -0.2) is 0 Å². The summed E-state index contributed by atoms with van der Waals surface area (Å²) in [6.07, 6.45) is 91.0. The predicted molar refractivity (Wildman–Crippen MR) is 356 cm³/mol. The molecule has 6 nitrogen and oxygen atoms in total. The summed E-state index contributed by atoms with van der Waals surface area (Å²) in [5.74, 6) is -0.0529. The van der Waals surface area contributed by atoms with Gasteiger partial charge in [0.2, 0.25) is 5.91 Å². The largest absolute Gasteiger partial charge is 0.466 e. The van der Waals surface area contributed by atoms with Crippen LogP contribution in [0.4, 0.5) is 0 Å². The number of rotatable bonds is 69. The number of allylic oxidation sites excluding steroid dienone is 5. The predicted octanol–water partition coefficient (Wildman–Crippen LogP) is 23.9. The highest BCUT2D eigenvalue weighted by Crippen LogP contribution is 2.19. The van der Waals surface area contributed by atoms with E-state index in [1.54, 1.807) is 6.08 Å². The number of aliphatic hydroxyl groups excluding tert-OH is 2. The molecule has 0 aliphatic heterocycles. The van der Waals surface area contributed by atoms with E-state index in [9.17, 15) is 19.8 Å². The van der Waals surface area contributed by atoms with Gasteiger partial charge in [-0.15, -0.1) is 0 Å². The zero-order chi connectivity index (χ0) is 58.5. The van der Waals surface area contributed by atoms with Crippen molar-refractivity contribution in [2.45, 2.75) is 418 Å². The zero-order valence-electron chi connectivity index (χ0n) is 54.8. The number of aliphatic hydroxyl groups is 2. The quantitative estimate of drug-likeness (QED) is 0.0320. The maximum Gasteiger partial charge on any atom is 0.305 e. The first-order chi connectivity index (χ1) is 40.0. The SMILES string of the molecule is CCCCCC/C=C\C/C=C\CCCCCCCC(=O)OCCCCCCCCCCCCCCCCCCCCCCCCCCCCCCCCCCC(=O)NC(CO)C(O)/C=C/CCCCCCCCCCCCCCCC. The number of esters is 1. The second-order valence-electron chi connectivity index (χ2n) is 25.3. The molecule has 2 unspecified atom stereocenters. The molecule has 0 rings (SSSR count). The highest BCUT2D eigenvalue weighted by Gasteiger charge is 2.18. The topological polar surface area (TPSA) is 95.9 Å². The van der Waals surface area contributed by atoms with E-state index in [4.69, 9.17) is 4.74 Å². The molecule has 0 saturated heterocycles. The lowest BCUT2D eigenvalue weighted by Gasteiger charge is -2.20. The molecule has 0 aromatic rings. The molecule has 478 valence electrons. The lowest BCUT2D eigenvalue weighted by Crippen LogP contribution is -2.45. The molecule has 81 heavy (non-hydrogen) atoms. The van der Waals surface area contributed by atoms with Crippen LogP contribution < -0.4 is 5.32 Å². The van der Waals surface area contributed by atoms with Gasteiger partial charge in [-0.2, -0.15) is 0 Å². The summed E-state index contributed by atoms with van der Waals surface area (Å²) < 4.78 is 5.50. The second-order valence-corrected chi connectivity index (χ2v) is 25.3. The van der Waals surface area contributed by atoms with Crippen LogP contribution in [0.1, 0.15) is 406 Å². The number of hydrogen-bond donors (Lipinski definition) is 3. The van der Waals surface area contributed by atoms with Crippen LogP contribution in [0.3, 0.4) is 0 Å². The maximum atomic E-state index is 12.5. The fraction of sp³-hybridized carbons (Fsp3) is 0.893. The third-order valence-corrected chi connectivity index (χ3v) is 17.2. The molecule has 1 amide bonds. The van der Waals surface area contributed by atoms with Crippen LogP contribution in [0.5, 0.6) is 0 Å². The first-order valence-electron chi connectivity index (χ1n) is 36.8. The molecular weight excluding hydrogens is 995 g/mol. The van der Waals surface area contributed by atoms with Gasteiger partial charge >= 0.3 is 5.97 Å². The van der Waals surface area contributed by atoms with E-state index in [1.165, 1.54) is 327 Å². The summed E-state index contributed by atoms with van der Waals surface area (Å²) in [7, 11) is 0. The molecule has 0 aromatic heterocycles. The third kappa shape index (κ3) is 67.1. The molecule has 0 bridgehead atoms. The Balaban J connectivity index is 3.34. The Hall–Kier alpha value is -1.92. The lowest BCUT2D eigenvalue weighted by atomic mass is 10.0. The number of amides is 1. The molecule has 0 aliphatic carbocycles. The average Bonchev–Trinajstić information content (AvgIpc) is 3.47. The van der Waals surface area contributed by atoms with E-state index in [0.717, 1.165) is 51.4 Å². The Kier molecular flexibility index (Phi) is 68.9. The summed E-state index contributed by atoms with van der Waals surface area (Å²) in [4.78, 5) is 24.6. The smallest absolute Gasteiger partial charge is 0.305 e. The molecule has 0 fully saturated rings. The fourth-order valence-corrected chi connectivity index (χ4v) is 11.6. The van der Waals surface area contributed by atoms with Crippen molar-refractivity contribution >= 4 is 11.9 Å². The number of nitrogens with one attached hydrogen (secondary N) is 1. The Labute approximate surface area is 506 Å². The van der Waals surface area contributed by atoms with E-state index < -0.39 is 12.1 Å². The summed E-state index contributed by atoms with van der Waals surface area (Å²) in [5, 5.41) is 23.2. The van der Waals surface area contributed by atoms with Gasteiger partial charge < -0.3 is 20.3 Å². The molecule has 0 radical (unpaired) electrons. The highest BCUT2D eigenvalue weighted by atomic mass is 16.5. The van der Waals surface area contributed by atoms with Gasteiger partial charge in [-0.1, -0.05) is 365 Å². The van der Waals surface area contributed by atoms with Gasteiger partial charge in [0.15, 0.2) is 0 Å². The van der Waals surface area contributed by atoms with E-state index in [1.807, 2.05) is 6.08 Å². The molecule has 0 saturated carbocycles. The Morgan fingerprint density at radius 3 is 0.951 bits per heavy atom. The molecule has 0 heterocycles. The van der Waals surface area contributed by atoms with Crippen molar-refractivity contribution < 1.29 is 24.5 Å². The molecule has 3 N–H and O–H groups in total. The minimum Gasteiger partial charge on any atom is -0.466 e. The van der Waals surface area contributed by atoms with Crippen molar-refractivity contribution in [3.05, 3.63) is 36.5 Å². The fourth-order valence-electron chi connectivity index (χ4n) is 11.6. The van der Waals surface area contributed by atoms with Crippen LogP contribution in [-0.2, 0) is 14.3 Å². The number of carbonyl (C=O) groups excluding carboxylic acids is 2. The Morgan fingerprint density at radius 2 is 0.617 bits per heavy atom. The molecular formula is C75H143NO5. The minimum atomic E-state index is -0.841. The van der Waals surface area contributed by atoms with E-state index >= 15 is 0 Å². The van der Waals surface area contributed by atoms with Gasteiger partial charge in [0, 0.05) is 12.8 Å². The van der Waals surface area contributed by atoms with Gasteiger partial charge in [-0.3, -0.25) is 9.59 Å². The first kappa shape index (κ1) is 79.1. The average molecular weight is 1140 g/mol. The van der Waals surface area contributed by atoms with Crippen LogP contribution in [0.15, 0.2) is 36.5 Å². The maximum absolute atomic E-state index is 12.5. The van der Waals surface area contributed by atoms with Crippen molar-refractivity contribution in [1.82, 2.24) is 5.32 Å². The molecule has 2 atom stereocenters. The van der Waals surface area contributed by atoms with Gasteiger partial charge in [-0.05, 0) is 64.2 Å². The highest BCUT2D eigenvalue weighted by molar-refractivity contribution is 5.76. The Bertz CT molecular complexity index is 1310. The lowest BCUT2D eigenvalue weighted by molar-refractivity contribution is -0.143. The zero-order valence-corrected chi connectivity index (χ0v) is 54.8. The van der Waals surface area contributed by atoms with E-state index in [-0.39, 0.29) is 18.5 Å². The van der Waals surface area contributed by atoms with Crippen LogP contribution >= 0.6 is 0 Å². The molecule has 0 aliphatic rings. The number of carbonyl (C=O) groups is 2. The Morgan fingerprint density at radius 1 is 0.346 bits per heavy atom. The number of hydrogen-bond acceptors (Lipinski definition) is 5. The summed E-state index contributed by atoms with van der Waals surface area (Å²) in [5.41, 5.74) is 0.